The van der Waals surface area contributed by atoms with Crippen molar-refractivity contribution in [2.24, 2.45) is 23.5 Å². The minimum absolute atomic E-state index is 0.0709. The van der Waals surface area contributed by atoms with E-state index in [2.05, 4.69) is 12.2 Å². The molecular formula is C11H20N2O. The Labute approximate surface area is 85.4 Å². The highest BCUT2D eigenvalue weighted by atomic mass is 16.2. The Bertz CT molecular complexity index is 229. The molecule has 3 nitrogen and oxygen atoms in total. The molecule has 0 aromatic rings. The van der Waals surface area contributed by atoms with Gasteiger partial charge in [-0.1, -0.05) is 6.92 Å². The van der Waals surface area contributed by atoms with Crippen LogP contribution in [0.15, 0.2) is 0 Å². The molecule has 1 saturated carbocycles. The van der Waals surface area contributed by atoms with Gasteiger partial charge < -0.3 is 11.1 Å². The summed E-state index contributed by atoms with van der Waals surface area (Å²) in [6.07, 6.45) is 4.70. The van der Waals surface area contributed by atoms with Crippen molar-refractivity contribution < 1.29 is 4.79 Å². The highest BCUT2D eigenvalue weighted by molar-refractivity contribution is 5.80. The molecule has 1 aliphatic carbocycles. The molecule has 0 radical (unpaired) electrons. The van der Waals surface area contributed by atoms with Crippen LogP contribution < -0.4 is 11.1 Å². The lowest BCUT2D eigenvalue weighted by molar-refractivity contribution is -0.129. The van der Waals surface area contributed by atoms with Crippen molar-refractivity contribution in [3.05, 3.63) is 0 Å². The second-order valence-electron chi connectivity index (χ2n) is 4.96. The molecular weight excluding hydrogens is 176 g/mol. The minimum Gasteiger partial charge on any atom is -0.353 e. The largest absolute Gasteiger partial charge is 0.353 e. The molecule has 3 N–H and O–H groups in total. The summed E-state index contributed by atoms with van der Waals surface area (Å²) < 4.78 is 0. The van der Waals surface area contributed by atoms with Crippen molar-refractivity contribution >= 4 is 5.91 Å². The molecule has 1 amide bonds. The number of amides is 1. The SMILES string of the molecule is C[C@@H]1CC[C@@H]2NC(=O)[C@@H](CN)C[C@H]2C1. The van der Waals surface area contributed by atoms with E-state index in [1.807, 2.05) is 0 Å². The maximum Gasteiger partial charge on any atom is 0.224 e. The molecule has 3 heteroatoms. The molecule has 2 fully saturated rings. The second kappa shape index (κ2) is 3.89. The molecule has 0 aromatic carbocycles. The van der Waals surface area contributed by atoms with Crippen LogP contribution in [0.4, 0.5) is 0 Å². The molecule has 1 saturated heterocycles. The summed E-state index contributed by atoms with van der Waals surface area (Å²) in [5, 5.41) is 3.12. The van der Waals surface area contributed by atoms with Crippen LogP contribution >= 0.6 is 0 Å². The summed E-state index contributed by atoms with van der Waals surface area (Å²) in [5.41, 5.74) is 5.59. The third kappa shape index (κ3) is 1.78. The molecule has 80 valence electrons. The minimum atomic E-state index is 0.0709. The van der Waals surface area contributed by atoms with E-state index < -0.39 is 0 Å². The summed E-state index contributed by atoms with van der Waals surface area (Å²) in [6.45, 7) is 2.81. The van der Waals surface area contributed by atoms with Gasteiger partial charge in [-0.3, -0.25) is 4.79 Å². The van der Waals surface area contributed by atoms with Crippen LogP contribution in [0.1, 0.15) is 32.6 Å². The van der Waals surface area contributed by atoms with E-state index in [-0.39, 0.29) is 11.8 Å². The van der Waals surface area contributed by atoms with E-state index in [4.69, 9.17) is 5.73 Å². The lowest BCUT2D eigenvalue weighted by atomic mass is 9.72. The first-order chi connectivity index (χ1) is 6.70. The maximum atomic E-state index is 11.6. The first kappa shape index (κ1) is 9.97. The molecule has 1 aliphatic heterocycles. The van der Waals surface area contributed by atoms with Crippen LogP contribution in [0.25, 0.3) is 0 Å². The van der Waals surface area contributed by atoms with Gasteiger partial charge in [-0.25, -0.2) is 0 Å². The number of carbonyl (C=O) groups excluding carboxylic acids is 1. The summed E-state index contributed by atoms with van der Waals surface area (Å²) in [5.74, 6) is 1.76. The van der Waals surface area contributed by atoms with Crippen LogP contribution in [-0.2, 0) is 4.79 Å². The molecule has 0 unspecified atom stereocenters. The molecule has 4 atom stereocenters. The standard InChI is InChI=1S/C11H20N2O/c1-7-2-3-10-8(4-7)5-9(6-12)11(14)13-10/h7-10H,2-6,12H2,1H3,(H,13,14)/t7-,8-,9-,10+/m1/s1. The van der Waals surface area contributed by atoms with Gasteiger partial charge in [0.2, 0.25) is 5.91 Å². The van der Waals surface area contributed by atoms with Crippen LogP contribution in [0.2, 0.25) is 0 Å². The number of hydrogen-bond donors (Lipinski definition) is 2. The Morgan fingerprint density at radius 3 is 2.93 bits per heavy atom. The van der Waals surface area contributed by atoms with Crippen molar-refractivity contribution in [3.8, 4) is 0 Å². The van der Waals surface area contributed by atoms with E-state index in [0.717, 1.165) is 18.8 Å². The van der Waals surface area contributed by atoms with Crippen LogP contribution in [0.5, 0.6) is 0 Å². The van der Waals surface area contributed by atoms with Crippen molar-refractivity contribution in [3.63, 3.8) is 0 Å². The molecule has 0 bridgehead atoms. The quantitative estimate of drug-likeness (QED) is 0.654. The van der Waals surface area contributed by atoms with E-state index in [1.165, 1.54) is 12.8 Å². The lowest BCUT2D eigenvalue weighted by Crippen LogP contribution is -2.53. The molecule has 0 spiro atoms. The van der Waals surface area contributed by atoms with E-state index in [0.29, 0.717) is 18.5 Å². The summed E-state index contributed by atoms with van der Waals surface area (Å²) >= 11 is 0. The third-order valence-corrected chi connectivity index (χ3v) is 3.81. The van der Waals surface area contributed by atoms with Crippen molar-refractivity contribution in [2.45, 2.75) is 38.6 Å². The zero-order valence-corrected chi connectivity index (χ0v) is 8.83. The van der Waals surface area contributed by atoms with E-state index in [9.17, 15) is 4.79 Å². The number of rotatable bonds is 1. The predicted molar refractivity (Wildman–Crippen MR) is 55.6 cm³/mol. The summed E-state index contributed by atoms with van der Waals surface area (Å²) in [7, 11) is 0. The number of nitrogens with one attached hydrogen (secondary N) is 1. The second-order valence-corrected chi connectivity index (χ2v) is 4.96. The first-order valence-electron chi connectivity index (χ1n) is 5.71. The van der Waals surface area contributed by atoms with Gasteiger partial charge in [-0.2, -0.15) is 0 Å². The fourth-order valence-electron chi connectivity index (χ4n) is 2.93. The molecule has 14 heavy (non-hydrogen) atoms. The van der Waals surface area contributed by atoms with Crippen molar-refractivity contribution in [1.29, 1.82) is 0 Å². The normalized spacial score (nSPS) is 42.9. The monoisotopic (exact) mass is 196 g/mol. The van der Waals surface area contributed by atoms with Gasteiger partial charge in [0, 0.05) is 12.6 Å². The Kier molecular flexibility index (Phi) is 2.77. The Morgan fingerprint density at radius 1 is 1.43 bits per heavy atom. The molecule has 2 aliphatic rings. The van der Waals surface area contributed by atoms with Gasteiger partial charge in [-0.05, 0) is 37.5 Å². The van der Waals surface area contributed by atoms with Gasteiger partial charge in [-0.15, -0.1) is 0 Å². The Balaban J connectivity index is 2.01. The number of hydrogen-bond acceptors (Lipinski definition) is 2. The van der Waals surface area contributed by atoms with E-state index in [1.54, 1.807) is 0 Å². The topological polar surface area (TPSA) is 55.1 Å². The average molecular weight is 196 g/mol. The van der Waals surface area contributed by atoms with Gasteiger partial charge in [0.15, 0.2) is 0 Å². The Morgan fingerprint density at radius 2 is 2.21 bits per heavy atom. The van der Waals surface area contributed by atoms with Crippen LogP contribution in [0, 0.1) is 17.8 Å². The molecule has 1 heterocycles. The van der Waals surface area contributed by atoms with Crippen LogP contribution in [0.3, 0.4) is 0 Å². The smallest absolute Gasteiger partial charge is 0.224 e. The zero-order chi connectivity index (χ0) is 10.1. The fraction of sp³-hybridized carbons (Fsp3) is 0.909. The van der Waals surface area contributed by atoms with Gasteiger partial charge in [0.05, 0.1) is 5.92 Å². The Hall–Kier alpha value is -0.570. The van der Waals surface area contributed by atoms with Crippen LogP contribution in [-0.4, -0.2) is 18.5 Å². The number of nitrogens with two attached hydrogens (primary N) is 1. The number of piperidine rings is 1. The molecule has 2 rings (SSSR count). The highest BCUT2D eigenvalue weighted by Crippen LogP contribution is 2.35. The molecule has 0 aromatic heterocycles. The van der Waals surface area contributed by atoms with Gasteiger partial charge in [0.25, 0.3) is 0 Å². The highest BCUT2D eigenvalue weighted by Gasteiger charge is 2.37. The zero-order valence-electron chi connectivity index (χ0n) is 8.83. The predicted octanol–water partition coefficient (Wildman–Crippen LogP) is 0.886. The summed E-state index contributed by atoms with van der Waals surface area (Å²) in [4.78, 5) is 11.6. The number of fused-ring (bicyclic) bond motifs is 1. The fourth-order valence-corrected chi connectivity index (χ4v) is 2.93. The maximum absolute atomic E-state index is 11.6. The van der Waals surface area contributed by atoms with E-state index >= 15 is 0 Å². The number of carbonyl (C=O) groups is 1. The first-order valence-corrected chi connectivity index (χ1v) is 5.71. The third-order valence-electron chi connectivity index (χ3n) is 3.81. The summed E-state index contributed by atoms with van der Waals surface area (Å²) in [6, 6.07) is 0.446. The average Bonchev–Trinajstić information content (AvgIpc) is 2.17. The van der Waals surface area contributed by atoms with Gasteiger partial charge in [0.1, 0.15) is 0 Å². The van der Waals surface area contributed by atoms with Crippen molar-refractivity contribution in [1.82, 2.24) is 5.32 Å². The van der Waals surface area contributed by atoms with Crippen molar-refractivity contribution in [2.75, 3.05) is 6.54 Å². The van der Waals surface area contributed by atoms with Gasteiger partial charge >= 0.3 is 0 Å². The lowest BCUT2D eigenvalue weighted by Gasteiger charge is -2.41.